The minimum Gasteiger partial charge on any atom is -0.383 e. The van der Waals surface area contributed by atoms with Crippen molar-refractivity contribution in [1.82, 2.24) is 14.8 Å². The zero-order valence-corrected chi connectivity index (χ0v) is 12.7. The van der Waals surface area contributed by atoms with Crippen molar-refractivity contribution in [1.29, 1.82) is 0 Å². The van der Waals surface area contributed by atoms with Gasteiger partial charge in [0, 0.05) is 25.0 Å². The summed E-state index contributed by atoms with van der Waals surface area (Å²) in [5, 5.41) is 5.56. The van der Waals surface area contributed by atoms with Crippen molar-refractivity contribution in [2.75, 3.05) is 5.73 Å². The minimum atomic E-state index is 0.538. The zero-order chi connectivity index (χ0) is 15.0. The third-order valence-corrected chi connectivity index (χ3v) is 3.89. The van der Waals surface area contributed by atoms with E-state index in [4.69, 9.17) is 28.9 Å². The van der Waals surface area contributed by atoms with Crippen LogP contribution in [0.1, 0.15) is 0 Å². The highest BCUT2D eigenvalue weighted by molar-refractivity contribution is 6.39. The molecule has 3 aromatic rings. The molecule has 0 fully saturated rings. The lowest BCUT2D eigenvalue weighted by Crippen LogP contribution is -1.97. The summed E-state index contributed by atoms with van der Waals surface area (Å²) < 4.78 is 1.62. The van der Waals surface area contributed by atoms with Crippen LogP contribution in [0.25, 0.3) is 22.4 Å². The van der Waals surface area contributed by atoms with E-state index in [1.165, 1.54) is 0 Å². The Balaban J connectivity index is 2.33. The second kappa shape index (κ2) is 5.39. The van der Waals surface area contributed by atoms with Crippen molar-refractivity contribution < 1.29 is 0 Å². The van der Waals surface area contributed by atoms with E-state index in [0.29, 0.717) is 27.1 Å². The number of nitrogens with zero attached hydrogens (tertiary/aromatic N) is 3. The maximum Gasteiger partial charge on any atom is 0.129 e. The van der Waals surface area contributed by atoms with E-state index in [0.717, 1.165) is 11.1 Å². The third-order valence-electron chi connectivity index (χ3n) is 3.26. The van der Waals surface area contributed by atoms with E-state index in [2.05, 4.69) is 10.1 Å². The first-order valence-corrected chi connectivity index (χ1v) is 7.02. The smallest absolute Gasteiger partial charge is 0.129 e. The van der Waals surface area contributed by atoms with E-state index in [1.807, 2.05) is 12.1 Å². The van der Waals surface area contributed by atoms with E-state index < -0.39 is 0 Å². The Morgan fingerprint density at radius 2 is 1.62 bits per heavy atom. The Labute approximate surface area is 132 Å². The summed E-state index contributed by atoms with van der Waals surface area (Å²) in [6.07, 6.45) is 3.42. The number of benzene rings is 1. The van der Waals surface area contributed by atoms with E-state index in [1.54, 1.807) is 42.3 Å². The molecule has 6 heteroatoms. The topological polar surface area (TPSA) is 56.7 Å². The molecule has 0 aliphatic carbocycles. The molecular weight excluding hydrogens is 307 g/mol. The predicted molar refractivity (Wildman–Crippen MR) is 86.3 cm³/mol. The number of nitrogen functional groups attached to an aromatic ring is 1. The van der Waals surface area contributed by atoms with E-state index >= 15 is 0 Å². The number of aryl methyl sites for hydroxylation is 1. The van der Waals surface area contributed by atoms with Crippen LogP contribution in [-0.2, 0) is 7.05 Å². The van der Waals surface area contributed by atoms with Crippen LogP contribution in [-0.4, -0.2) is 14.8 Å². The molecule has 3 rings (SSSR count). The predicted octanol–water partition coefficient (Wildman–Crippen LogP) is 4.04. The van der Waals surface area contributed by atoms with Gasteiger partial charge < -0.3 is 5.73 Å². The number of hydrogen-bond acceptors (Lipinski definition) is 3. The first kappa shape index (κ1) is 13.9. The Kier molecular flexibility index (Phi) is 3.57. The lowest BCUT2D eigenvalue weighted by atomic mass is 10.0. The van der Waals surface area contributed by atoms with Gasteiger partial charge in [-0.1, -0.05) is 29.3 Å². The molecule has 0 saturated carbocycles. The Hall–Kier alpha value is -2.04. The maximum atomic E-state index is 6.30. The molecule has 0 amide bonds. The highest BCUT2D eigenvalue weighted by atomic mass is 35.5. The van der Waals surface area contributed by atoms with Crippen LogP contribution in [0.3, 0.4) is 0 Å². The SMILES string of the molecule is Cn1nc(-c2c(Cl)cccc2Cl)c(-c2ccncc2)c1N. The summed E-state index contributed by atoms with van der Waals surface area (Å²) in [5.74, 6) is 0.548. The zero-order valence-electron chi connectivity index (χ0n) is 11.2. The van der Waals surface area contributed by atoms with Gasteiger partial charge in [-0.2, -0.15) is 5.10 Å². The van der Waals surface area contributed by atoms with Crippen LogP contribution in [0.5, 0.6) is 0 Å². The number of pyridine rings is 1. The number of nitrogens with two attached hydrogens (primary N) is 1. The summed E-state index contributed by atoms with van der Waals surface area (Å²) in [7, 11) is 1.79. The van der Waals surface area contributed by atoms with Gasteiger partial charge in [0.25, 0.3) is 0 Å². The van der Waals surface area contributed by atoms with Crippen molar-refractivity contribution in [2.24, 2.45) is 7.05 Å². The van der Waals surface area contributed by atoms with Gasteiger partial charge in [-0.3, -0.25) is 9.67 Å². The molecule has 0 spiro atoms. The molecule has 2 aromatic heterocycles. The average molecular weight is 319 g/mol. The summed E-state index contributed by atoms with van der Waals surface area (Å²) in [6.45, 7) is 0. The molecule has 106 valence electrons. The number of anilines is 1. The Bertz CT molecular complexity index is 777. The maximum absolute atomic E-state index is 6.30. The van der Waals surface area contributed by atoms with Crippen LogP contribution in [0.4, 0.5) is 5.82 Å². The minimum absolute atomic E-state index is 0.538. The molecule has 4 nitrogen and oxygen atoms in total. The summed E-state index contributed by atoms with van der Waals surface area (Å²) in [5.41, 5.74) is 9.23. The fraction of sp³-hybridized carbons (Fsp3) is 0.0667. The van der Waals surface area contributed by atoms with Crippen molar-refractivity contribution in [3.63, 3.8) is 0 Å². The van der Waals surface area contributed by atoms with Crippen LogP contribution in [0.15, 0.2) is 42.7 Å². The average Bonchev–Trinajstić information content (AvgIpc) is 2.75. The van der Waals surface area contributed by atoms with Crippen molar-refractivity contribution in [2.45, 2.75) is 0 Å². The molecule has 2 heterocycles. The highest BCUT2D eigenvalue weighted by Crippen LogP contribution is 2.41. The van der Waals surface area contributed by atoms with Gasteiger partial charge in [0.15, 0.2) is 0 Å². The largest absolute Gasteiger partial charge is 0.383 e. The molecule has 0 radical (unpaired) electrons. The molecule has 2 N–H and O–H groups in total. The lowest BCUT2D eigenvalue weighted by Gasteiger charge is -2.07. The number of rotatable bonds is 2. The number of aromatic nitrogens is 3. The molecule has 0 saturated heterocycles. The molecular formula is C15H12Cl2N4. The fourth-order valence-electron chi connectivity index (χ4n) is 2.24. The standard InChI is InChI=1S/C15H12Cl2N4/c1-21-15(18)12(9-5-7-19-8-6-9)14(20-21)13-10(16)3-2-4-11(13)17/h2-8H,18H2,1H3. The Morgan fingerprint density at radius 3 is 2.24 bits per heavy atom. The van der Waals surface area contributed by atoms with Gasteiger partial charge in [-0.25, -0.2) is 0 Å². The van der Waals surface area contributed by atoms with Gasteiger partial charge in [0.1, 0.15) is 11.5 Å². The second-order valence-electron chi connectivity index (χ2n) is 4.57. The van der Waals surface area contributed by atoms with Crippen LogP contribution in [0, 0.1) is 0 Å². The molecule has 0 bridgehead atoms. The molecule has 21 heavy (non-hydrogen) atoms. The van der Waals surface area contributed by atoms with Crippen molar-refractivity contribution in [3.8, 4) is 22.4 Å². The fourth-order valence-corrected chi connectivity index (χ4v) is 2.82. The second-order valence-corrected chi connectivity index (χ2v) is 5.38. The van der Waals surface area contributed by atoms with Crippen LogP contribution < -0.4 is 5.73 Å². The third kappa shape index (κ3) is 2.37. The summed E-state index contributed by atoms with van der Waals surface area (Å²) in [6, 6.07) is 9.11. The first-order valence-electron chi connectivity index (χ1n) is 6.27. The van der Waals surface area contributed by atoms with Crippen molar-refractivity contribution in [3.05, 3.63) is 52.8 Å². The van der Waals surface area contributed by atoms with Gasteiger partial charge in [0.2, 0.25) is 0 Å². The molecule has 0 unspecified atom stereocenters. The Morgan fingerprint density at radius 1 is 1.00 bits per heavy atom. The van der Waals surface area contributed by atoms with Gasteiger partial charge in [-0.05, 0) is 29.8 Å². The van der Waals surface area contributed by atoms with Crippen molar-refractivity contribution >= 4 is 29.0 Å². The first-order chi connectivity index (χ1) is 10.1. The summed E-state index contributed by atoms with van der Waals surface area (Å²) >= 11 is 12.6. The normalized spacial score (nSPS) is 10.8. The van der Waals surface area contributed by atoms with E-state index in [-0.39, 0.29) is 0 Å². The van der Waals surface area contributed by atoms with Gasteiger partial charge >= 0.3 is 0 Å². The monoisotopic (exact) mass is 318 g/mol. The number of hydrogen-bond donors (Lipinski definition) is 1. The summed E-state index contributed by atoms with van der Waals surface area (Å²) in [4.78, 5) is 4.02. The van der Waals surface area contributed by atoms with Gasteiger partial charge in [0.05, 0.1) is 15.6 Å². The highest BCUT2D eigenvalue weighted by Gasteiger charge is 2.21. The quantitative estimate of drug-likeness (QED) is 0.775. The lowest BCUT2D eigenvalue weighted by molar-refractivity contribution is 0.782. The van der Waals surface area contributed by atoms with Gasteiger partial charge in [-0.15, -0.1) is 0 Å². The van der Waals surface area contributed by atoms with Crippen LogP contribution >= 0.6 is 23.2 Å². The van der Waals surface area contributed by atoms with Crippen LogP contribution in [0.2, 0.25) is 10.0 Å². The molecule has 0 atom stereocenters. The molecule has 0 aliphatic rings. The molecule has 0 aliphatic heterocycles. The van der Waals surface area contributed by atoms with E-state index in [9.17, 15) is 0 Å². The number of halogens is 2. The molecule has 1 aromatic carbocycles.